The highest BCUT2D eigenvalue weighted by Gasteiger charge is 2.61. The Balaban J connectivity index is 1.71. The summed E-state index contributed by atoms with van der Waals surface area (Å²) in [5.74, 6) is 0.512. The molecule has 3 unspecified atom stereocenters. The minimum absolute atomic E-state index is 0.0472. The first kappa shape index (κ1) is 13.1. The molecule has 0 N–H and O–H groups in total. The van der Waals surface area contributed by atoms with Gasteiger partial charge in [-0.15, -0.1) is 0 Å². The van der Waals surface area contributed by atoms with E-state index in [-0.39, 0.29) is 17.3 Å². The summed E-state index contributed by atoms with van der Waals surface area (Å²) in [6, 6.07) is 10.4. The fraction of sp³-hybridized carbons (Fsp3) is 0.647. The van der Waals surface area contributed by atoms with E-state index in [0.717, 1.165) is 12.8 Å². The van der Waals surface area contributed by atoms with Crippen LogP contribution in [-0.4, -0.2) is 17.3 Å². The summed E-state index contributed by atoms with van der Waals surface area (Å²) in [6.45, 7) is 7.45. The maximum Gasteiger partial charge on any atom is 0.0975 e. The highest BCUT2D eigenvalue weighted by molar-refractivity contribution is 5.15. The Bertz CT molecular complexity index is 442. The van der Waals surface area contributed by atoms with E-state index in [1.807, 2.05) is 6.07 Å². The maximum absolute atomic E-state index is 6.38. The van der Waals surface area contributed by atoms with E-state index >= 15 is 0 Å². The van der Waals surface area contributed by atoms with Gasteiger partial charge in [0.25, 0.3) is 0 Å². The number of rotatable bonds is 4. The molecule has 2 aliphatic rings. The zero-order chi connectivity index (χ0) is 13.5. The van der Waals surface area contributed by atoms with Gasteiger partial charge >= 0.3 is 0 Å². The predicted molar refractivity (Wildman–Crippen MR) is 75.9 cm³/mol. The molecule has 1 aromatic rings. The number of ether oxygens (including phenoxy) is 2. The Morgan fingerprint density at radius 2 is 2.00 bits per heavy atom. The Kier molecular flexibility index (Phi) is 3.18. The lowest BCUT2D eigenvalue weighted by Gasteiger charge is -2.36. The van der Waals surface area contributed by atoms with Gasteiger partial charge in [0, 0.05) is 6.42 Å². The monoisotopic (exact) mass is 260 g/mol. The Hall–Kier alpha value is -0.860. The molecule has 2 fully saturated rings. The van der Waals surface area contributed by atoms with Gasteiger partial charge in [-0.3, -0.25) is 0 Å². The zero-order valence-electron chi connectivity index (χ0n) is 12.2. The molecule has 3 rings (SSSR count). The average Bonchev–Trinajstić information content (AvgIpc) is 2.89. The average molecular weight is 260 g/mol. The summed E-state index contributed by atoms with van der Waals surface area (Å²) < 4.78 is 12.6. The van der Waals surface area contributed by atoms with E-state index in [4.69, 9.17) is 9.47 Å². The van der Waals surface area contributed by atoms with Gasteiger partial charge in [0.15, 0.2) is 0 Å². The minimum Gasteiger partial charge on any atom is -0.370 e. The van der Waals surface area contributed by atoms with Crippen LogP contribution >= 0.6 is 0 Å². The molecule has 2 aliphatic heterocycles. The van der Waals surface area contributed by atoms with Crippen molar-refractivity contribution < 1.29 is 9.47 Å². The normalized spacial score (nSPS) is 37.2. The van der Waals surface area contributed by atoms with E-state index in [1.165, 1.54) is 12.0 Å². The molecule has 104 valence electrons. The molecule has 2 heteroatoms. The minimum atomic E-state index is -0.0521. The van der Waals surface area contributed by atoms with Crippen LogP contribution in [0.1, 0.15) is 45.6 Å². The Morgan fingerprint density at radius 1 is 1.26 bits per heavy atom. The van der Waals surface area contributed by atoms with Crippen LogP contribution < -0.4 is 0 Å². The second-order valence-electron chi connectivity index (χ2n) is 6.65. The Morgan fingerprint density at radius 3 is 2.63 bits per heavy atom. The highest BCUT2D eigenvalue weighted by atomic mass is 16.6. The van der Waals surface area contributed by atoms with E-state index in [0.29, 0.717) is 12.5 Å². The second kappa shape index (κ2) is 4.60. The lowest BCUT2D eigenvalue weighted by molar-refractivity contribution is -0.119. The van der Waals surface area contributed by atoms with Crippen molar-refractivity contribution in [2.75, 3.05) is 0 Å². The molecule has 0 saturated carbocycles. The van der Waals surface area contributed by atoms with Gasteiger partial charge in [-0.1, -0.05) is 44.2 Å². The van der Waals surface area contributed by atoms with E-state index in [2.05, 4.69) is 45.0 Å². The van der Waals surface area contributed by atoms with Crippen LogP contribution in [0.15, 0.2) is 30.3 Å². The van der Waals surface area contributed by atoms with Gasteiger partial charge in [-0.2, -0.15) is 0 Å². The second-order valence-corrected chi connectivity index (χ2v) is 6.65. The van der Waals surface area contributed by atoms with Crippen molar-refractivity contribution in [2.24, 2.45) is 5.92 Å². The van der Waals surface area contributed by atoms with Crippen molar-refractivity contribution in [1.82, 2.24) is 0 Å². The lowest BCUT2D eigenvalue weighted by atomic mass is 9.75. The molecule has 2 saturated heterocycles. The summed E-state index contributed by atoms with van der Waals surface area (Å²) in [5.41, 5.74) is 1.24. The smallest absolute Gasteiger partial charge is 0.0975 e. The van der Waals surface area contributed by atoms with Gasteiger partial charge in [-0.05, 0) is 31.2 Å². The zero-order valence-corrected chi connectivity index (χ0v) is 12.2. The van der Waals surface area contributed by atoms with Gasteiger partial charge in [0.05, 0.1) is 23.9 Å². The SMILES string of the molecule is CC(C)C12CCC(C)(CC1OCc1ccccc1)O2. The van der Waals surface area contributed by atoms with Crippen molar-refractivity contribution in [3.8, 4) is 0 Å². The first-order valence-corrected chi connectivity index (χ1v) is 7.40. The summed E-state index contributed by atoms with van der Waals surface area (Å²) >= 11 is 0. The van der Waals surface area contributed by atoms with Gasteiger partial charge in [-0.25, -0.2) is 0 Å². The Labute approximate surface area is 116 Å². The van der Waals surface area contributed by atoms with E-state index in [9.17, 15) is 0 Å². The van der Waals surface area contributed by atoms with Crippen LogP contribution in [0.5, 0.6) is 0 Å². The number of fused-ring (bicyclic) bond motifs is 2. The van der Waals surface area contributed by atoms with Gasteiger partial charge in [0.1, 0.15) is 0 Å². The first-order valence-electron chi connectivity index (χ1n) is 7.40. The summed E-state index contributed by atoms with van der Waals surface area (Å²) in [7, 11) is 0. The van der Waals surface area contributed by atoms with E-state index in [1.54, 1.807) is 0 Å². The van der Waals surface area contributed by atoms with Crippen molar-refractivity contribution in [3.05, 3.63) is 35.9 Å². The van der Waals surface area contributed by atoms with Crippen molar-refractivity contribution in [1.29, 1.82) is 0 Å². The van der Waals surface area contributed by atoms with Crippen molar-refractivity contribution in [2.45, 2.75) is 63.9 Å². The molecule has 19 heavy (non-hydrogen) atoms. The molecular formula is C17H24O2. The third kappa shape index (κ3) is 2.21. The standard InChI is InChI=1S/C17H24O2/c1-13(2)17-10-9-16(3,19-17)11-15(17)18-12-14-7-5-4-6-8-14/h4-8,13,15H,9-12H2,1-3H3. The number of hydrogen-bond donors (Lipinski definition) is 0. The van der Waals surface area contributed by atoms with Gasteiger partial charge in [0.2, 0.25) is 0 Å². The summed E-state index contributed by atoms with van der Waals surface area (Å²) in [5, 5.41) is 0. The highest BCUT2D eigenvalue weighted by Crippen LogP contribution is 2.55. The van der Waals surface area contributed by atoms with Crippen molar-refractivity contribution >= 4 is 0 Å². The van der Waals surface area contributed by atoms with Crippen LogP contribution in [0.25, 0.3) is 0 Å². The number of benzene rings is 1. The molecule has 0 aliphatic carbocycles. The lowest BCUT2D eigenvalue weighted by Crippen LogP contribution is -2.44. The summed E-state index contributed by atoms with van der Waals surface area (Å²) in [4.78, 5) is 0. The molecule has 2 heterocycles. The van der Waals surface area contributed by atoms with Crippen LogP contribution in [0.4, 0.5) is 0 Å². The van der Waals surface area contributed by atoms with Crippen LogP contribution in [0, 0.1) is 5.92 Å². The van der Waals surface area contributed by atoms with Crippen LogP contribution in [0.3, 0.4) is 0 Å². The fourth-order valence-electron chi connectivity index (χ4n) is 3.71. The first-order chi connectivity index (χ1) is 9.04. The maximum atomic E-state index is 6.38. The molecule has 0 aromatic heterocycles. The number of hydrogen-bond acceptors (Lipinski definition) is 2. The molecule has 0 spiro atoms. The predicted octanol–water partition coefficient (Wildman–Crippen LogP) is 3.94. The molecule has 3 atom stereocenters. The van der Waals surface area contributed by atoms with Gasteiger partial charge < -0.3 is 9.47 Å². The van der Waals surface area contributed by atoms with Crippen LogP contribution in [-0.2, 0) is 16.1 Å². The molecular weight excluding hydrogens is 236 g/mol. The van der Waals surface area contributed by atoms with E-state index < -0.39 is 0 Å². The van der Waals surface area contributed by atoms with Crippen LogP contribution in [0.2, 0.25) is 0 Å². The largest absolute Gasteiger partial charge is 0.370 e. The molecule has 0 radical (unpaired) electrons. The van der Waals surface area contributed by atoms with Crippen molar-refractivity contribution in [3.63, 3.8) is 0 Å². The summed E-state index contributed by atoms with van der Waals surface area (Å²) in [6.07, 6.45) is 3.60. The molecule has 0 amide bonds. The third-order valence-electron chi connectivity index (χ3n) is 4.91. The fourth-order valence-corrected chi connectivity index (χ4v) is 3.71. The topological polar surface area (TPSA) is 18.5 Å². The third-order valence-corrected chi connectivity index (χ3v) is 4.91. The molecule has 2 bridgehead atoms. The molecule has 2 nitrogen and oxygen atoms in total. The quantitative estimate of drug-likeness (QED) is 0.816. The molecule has 1 aromatic carbocycles.